The zero-order chi connectivity index (χ0) is 12.5. The maximum atomic E-state index is 11.8. The Labute approximate surface area is 101 Å². The number of carbonyl (C=O) groups is 1. The third-order valence-corrected chi connectivity index (χ3v) is 2.42. The minimum absolute atomic E-state index is 0.0328. The molecule has 18 heavy (non-hydrogen) atoms. The lowest BCUT2D eigenvalue weighted by molar-refractivity contribution is 0.101. The van der Waals surface area contributed by atoms with Crippen LogP contribution in [0.25, 0.3) is 10.9 Å². The van der Waals surface area contributed by atoms with Crippen molar-refractivity contribution in [1.29, 1.82) is 0 Å². The molecule has 2 aromatic heterocycles. The zero-order valence-corrected chi connectivity index (χ0v) is 9.14. The van der Waals surface area contributed by atoms with Crippen molar-refractivity contribution in [2.24, 2.45) is 0 Å². The van der Waals surface area contributed by atoms with Crippen LogP contribution in [0.5, 0.6) is 0 Å². The van der Waals surface area contributed by atoms with Gasteiger partial charge in [0.25, 0.3) is 5.91 Å². The van der Waals surface area contributed by atoms with E-state index in [1.54, 1.807) is 18.3 Å². The molecular weight excluding hydrogens is 234 g/mol. The highest BCUT2D eigenvalue weighted by molar-refractivity contribution is 6.02. The molecule has 5 N–H and O–H groups in total. The van der Waals surface area contributed by atoms with E-state index in [0.717, 1.165) is 10.9 Å². The summed E-state index contributed by atoms with van der Waals surface area (Å²) in [4.78, 5) is 15.5. The van der Waals surface area contributed by atoms with Crippen LogP contribution in [0.15, 0.2) is 24.4 Å². The van der Waals surface area contributed by atoms with Crippen molar-refractivity contribution in [3.05, 3.63) is 30.2 Å². The van der Waals surface area contributed by atoms with Crippen molar-refractivity contribution in [2.75, 3.05) is 11.1 Å². The van der Waals surface area contributed by atoms with E-state index >= 15 is 0 Å². The van der Waals surface area contributed by atoms with Crippen LogP contribution in [0.1, 0.15) is 10.6 Å². The second kappa shape index (κ2) is 3.84. The molecule has 0 aliphatic heterocycles. The summed E-state index contributed by atoms with van der Waals surface area (Å²) < 4.78 is 0. The van der Waals surface area contributed by atoms with Crippen LogP contribution < -0.4 is 11.1 Å². The molecule has 1 aromatic carbocycles. The van der Waals surface area contributed by atoms with Gasteiger partial charge in [-0.1, -0.05) is 0 Å². The lowest BCUT2D eigenvalue weighted by Gasteiger charge is -2.02. The smallest absolute Gasteiger partial charge is 0.293 e. The molecule has 0 spiro atoms. The molecule has 0 saturated heterocycles. The molecule has 0 radical (unpaired) electrons. The first-order chi connectivity index (χ1) is 8.72. The largest absolute Gasteiger partial charge is 0.366 e. The number of fused-ring (bicyclic) bond motifs is 1. The Bertz CT molecular complexity index is 714. The number of aromatic amines is 2. The van der Waals surface area contributed by atoms with Crippen LogP contribution in [0.3, 0.4) is 0 Å². The number of nitrogens with zero attached hydrogens (tertiary/aromatic N) is 3. The molecule has 2 heterocycles. The Balaban J connectivity index is 1.85. The minimum atomic E-state index is -0.401. The lowest BCUT2D eigenvalue weighted by Crippen LogP contribution is -2.13. The standard InChI is InChI=1S/C10H9N7O/c11-10-14-8(16-17-10)9(18)13-6-1-2-7-5(3-6)4-12-15-7/h1-4H,(H,12,15)(H,13,18)(H3,11,14,16,17). The number of nitrogens with two attached hydrogens (primary N) is 1. The molecule has 8 nitrogen and oxygen atoms in total. The van der Waals surface area contributed by atoms with Gasteiger partial charge in [-0.15, -0.1) is 5.10 Å². The number of hydrogen-bond acceptors (Lipinski definition) is 5. The molecule has 3 rings (SSSR count). The zero-order valence-electron chi connectivity index (χ0n) is 9.14. The predicted octanol–water partition coefficient (Wildman–Crippen LogP) is 0.515. The summed E-state index contributed by atoms with van der Waals surface area (Å²) in [7, 11) is 0. The van der Waals surface area contributed by atoms with Gasteiger partial charge in [-0.05, 0) is 18.2 Å². The van der Waals surface area contributed by atoms with Crippen molar-refractivity contribution < 1.29 is 4.79 Å². The van der Waals surface area contributed by atoms with Gasteiger partial charge in [-0.25, -0.2) is 0 Å². The Hall–Kier alpha value is -2.90. The molecule has 0 saturated carbocycles. The van der Waals surface area contributed by atoms with E-state index in [1.807, 2.05) is 6.07 Å². The van der Waals surface area contributed by atoms with Crippen molar-refractivity contribution in [2.45, 2.75) is 0 Å². The number of nitrogens with one attached hydrogen (secondary N) is 3. The average molecular weight is 243 g/mol. The molecule has 3 aromatic rings. The molecular formula is C10H9N7O. The number of nitrogen functional groups attached to an aromatic ring is 1. The molecule has 0 aliphatic carbocycles. The Kier molecular flexibility index (Phi) is 2.19. The van der Waals surface area contributed by atoms with E-state index < -0.39 is 5.91 Å². The summed E-state index contributed by atoms with van der Waals surface area (Å²) in [6.07, 6.45) is 1.68. The SMILES string of the molecule is Nc1n[nH]c(C(=O)Nc2ccc3[nH]ncc3c2)n1. The summed E-state index contributed by atoms with van der Waals surface area (Å²) in [5, 5.41) is 16.3. The fraction of sp³-hybridized carbons (Fsp3) is 0. The van der Waals surface area contributed by atoms with E-state index in [0.29, 0.717) is 5.69 Å². The summed E-state index contributed by atoms with van der Waals surface area (Å²) >= 11 is 0. The predicted molar refractivity (Wildman–Crippen MR) is 64.8 cm³/mol. The summed E-state index contributed by atoms with van der Waals surface area (Å²) in [5.74, 6) is -0.299. The summed E-state index contributed by atoms with van der Waals surface area (Å²) in [6.45, 7) is 0. The van der Waals surface area contributed by atoms with Gasteiger partial charge in [-0.3, -0.25) is 15.0 Å². The molecule has 0 aliphatic rings. The number of carbonyl (C=O) groups excluding carboxylic acids is 1. The highest BCUT2D eigenvalue weighted by atomic mass is 16.2. The van der Waals surface area contributed by atoms with Crippen molar-refractivity contribution in [3.8, 4) is 0 Å². The Morgan fingerprint density at radius 2 is 2.22 bits per heavy atom. The fourth-order valence-electron chi connectivity index (χ4n) is 1.59. The number of aromatic nitrogens is 5. The molecule has 1 amide bonds. The van der Waals surface area contributed by atoms with Gasteiger partial charge in [0.05, 0.1) is 11.7 Å². The number of rotatable bonds is 2. The van der Waals surface area contributed by atoms with Gasteiger partial charge in [0, 0.05) is 11.1 Å². The normalized spacial score (nSPS) is 10.7. The maximum absolute atomic E-state index is 11.8. The number of amides is 1. The molecule has 8 heteroatoms. The lowest BCUT2D eigenvalue weighted by atomic mass is 10.2. The Morgan fingerprint density at radius 3 is 3.00 bits per heavy atom. The first-order valence-electron chi connectivity index (χ1n) is 5.15. The first kappa shape index (κ1) is 10.3. The third kappa shape index (κ3) is 1.75. The van der Waals surface area contributed by atoms with E-state index in [4.69, 9.17) is 5.73 Å². The van der Waals surface area contributed by atoms with Crippen LogP contribution in [0.2, 0.25) is 0 Å². The van der Waals surface area contributed by atoms with Gasteiger partial charge < -0.3 is 11.1 Å². The van der Waals surface area contributed by atoms with Crippen LogP contribution in [-0.2, 0) is 0 Å². The Morgan fingerprint density at radius 1 is 1.33 bits per heavy atom. The minimum Gasteiger partial charge on any atom is -0.366 e. The van der Waals surface area contributed by atoms with Gasteiger partial charge in [0.15, 0.2) is 0 Å². The molecule has 0 atom stereocenters. The first-order valence-corrected chi connectivity index (χ1v) is 5.15. The second-order valence-electron chi connectivity index (χ2n) is 3.67. The molecule has 90 valence electrons. The second-order valence-corrected chi connectivity index (χ2v) is 3.67. The molecule has 0 bridgehead atoms. The summed E-state index contributed by atoms with van der Waals surface area (Å²) in [5.41, 5.74) is 6.87. The van der Waals surface area contributed by atoms with E-state index in [-0.39, 0.29) is 11.8 Å². The number of hydrogen-bond donors (Lipinski definition) is 4. The number of H-pyrrole nitrogens is 2. The van der Waals surface area contributed by atoms with Crippen molar-refractivity contribution in [1.82, 2.24) is 25.4 Å². The highest BCUT2D eigenvalue weighted by Crippen LogP contribution is 2.17. The average Bonchev–Trinajstić information content (AvgIpc) is 2.96. The van der Waals surface area contributed by atoms with Gasteiger partial charge in [0.2, 0.25) is 11.8 Å². The quantitative estimate of drug-likeness (QED) is 0.522. The van der Waals surface area contributed by atoms with Crippen LogP contribution in [0, 0.1) is 0 Å². The van der Waals surface area contributed by atoms with Crippen LogP contribution in [-0.4, -0.2) is 31.3 Å². The fourth-order valence-corrected chi connectivity index (χ4v) is 1.59. The molecule has 0 fully saturated rings. The number of anilines is 2. The van der Waals surface area contributed by atoms with Crippen LogP contribution in [0.4, 0.5) is 11.6 Å². The van der Waals surface area contributed by atoms with Gasteiger partial charge >= 0.3 is 0 Å². The monoisotopic (exact) mass is 243 g/mol. The highest BCUT2D eigenvalue weighted by Gasteiger charge is 2.11. The van der Waals surface area contributed by atoms with Gasteiger partial charge in [-0.2, -0.15) is 10.1 Å². The van der Waals surface area contributed by atoms with E-state index in [2.05, 4.69) is 30.7 Å². The molecule has 0 unspecified atom stereocenters. The van der Waals surface area contributed by atoms with Crippen LogP contribution >= 0.6 is 0 Å². The third-order valence-electron chi connectivity index (χ3n) is 2.42. The topological polar surface area (TPSA) is 125 Å². The van der Waals surface area contributed by atoms with E-state index in [1.165, 1.54) is 0 Å². The number of benzene rings is 1. The van der Waals surface area contributed by atoms with E-state index in [9.17, 15) is 4.79 Å². The van der Waals surface area contributed by atoms with Crippen molar-refractivity contribution >= 4 is 28.4 Å². The van der Waals surface area contributed by atoms with Gasteiger partial charge in [0.1, 0.15) is 0 Å². The maximum Gasteiger partial charge on any atom is 0.293 e. The van der Waals surface area contributed by atoms with Crippen molar-refractivity contribution in [3.63, 3.8) is 0 Å². The summed E-state index contributed by atoms with van der Waals surface area (Å²) in [6, 6.07) is 5.39.